The zero-order chi connectivity index (χ0) is 12.4. The standard InChI is InChI=1S/C13H17NO3/c1-3-12(13(15)16)14-7-9-4-5-11(17-2)6-10(9)8-14/h4-6,12H,3,7-8H2,1-2H3,(H,15,16). The molecule has 0 saturated heterocycles. The monoisotopic (exact) mass is 235 g/mol. The fraction of sp³-hybridized carbons (Fsp3) is 0.462. The Labute approximate surface area is 101 Å². The molecule has 1 unspecified atom stereocenters. The van der Waals surface area contributed by atoms with E-state index in [1.54, 1.807) is 7.11 Å². The number of carboxylic acid groups (broad SMARTS) is 1. The van der Waals surface area contributed by atoms with E-state index in [0.717, 1.165) is 5.75 Å². The van der Waals surface area contributed by atoms with Gasteiger partial charge < -0.3 is 9.84 Å². The molecule has 1 atom stereocenters. The smallest absolute Gasteiger partial charge is 0.320 e. The molecule has 1 aliphatic heterocycles. The lowest BCUT2D eigenvalue weighted by Crippen LogP contribution is -2.36. The van der Waals surface area contributed by atoms with Crippen LogP contribution in [0.5, 0.6) is 5.75 Å². The lowest BCUT2D eigenvalue weighted by molar-refractivity contribution is -0.143. The Balaban J connectivity index is 2.18. The highest BCUT2D eigenvalue weighted by molar-refractivity contribution is 5.73. The molecule has 1 aromatic rings. The molecule has 0 radical (unpaired) electrons. The highest BCUT2D eigenvalue weighted by Gasteiger charge is 2.29. The summed E-state index contributed by atoms with van der Waals surface area (Å²) in [5.74, 6) is 0.0845. The second-order valence-corrected chi connectivity index (χ2v) is 4.30. The first-order chi connectivity index (χ1) is 8.15. The predicted octanol–water partition coefficient (Wildman–Crippen LogP) is 1.87. The summed E-state index contributed by atoms with van der Waals surface area (Å²) in [6.07, 6.45) is 0.625. The predicted molar refractivity (Wildman–Crippen MR) is 64.0 cm³/mol. The summed E-state index contributed by atoms with van der Waals surface area (Å²) in [5.41, 5.74) is 2.37. The molecule has 1 N–H and O–H groups in total. The van der Waals surface area contributed by atoms with Gasteiger partial charge in [-0.3, -0.25) is 9.69 Å². The molecule has 0 aliphatic carbocycles. The maximum atomic E-state index is 11.1. The van der Waals surface area contributed by atoms with E-state index in [1.807, 2.05) is 30.0 Å². The second kappa shape index (κ2) is 4.75. The van der Waals surface area contributed by atoms with Crippen molar-refractivity contribution in [3.8, 4) is 5.75 Å². The van der Waals surface area contributed by atoms with Crippen molar-refractivity contribution in [3.05, 3.63) is 29.3 Å². The largest absolute Gasteiger partial charge is 0.497 e. The average molecular weight is 235 g/mol. The number of methoxy groups -OCH3 is 1. The van der Waals surface area contributed by atoms with Crippen LogP contribution in [0.25, 0.3) is 0 Å². The third-order valence-electron chi connectivity index (χ3n) is 3.27. The van der Waals surface area contributed by atoms with E-state index in [1.165, 1.54) is 11.1 Å². The zero-order valence-corrected chi connectivity index (χ0v) is 10.1. The number of ether oxygens (including phenoxy) is 1. The number of benzene rings is 1. The van der Waals surface area contributed by atoms with Gasteiger partial charge in [0, 0.05) is 13.1 Å². The van der Waals surface area contributed by atoms with Gasteiger partial charge >= 0.3 is 5.97 Å². The second-order valence-electron chi connectivity index (χ2n) is 4.30. The Kier molecular flexibility index (Phi) is 3.33. The minimum atomic E-state index is -0.743. The molecule has 2 rings (SSSR count). The molecular formula is C13H17NO3. The number of carbonyl (C=O) groups is 1. The van der Waals surface area contributed by atoms with Crippen molar-refractivity contribution in [3.63, 3.8) is 0 Å². The zero-order valence-electron chi connectivity index (χ0n) is 10.1. The van der Waals surface area contributed by atoms with E-state index in [0.29, 0.717) is 19.5 Å². The summed E-state index contributed by atoms with van der Waals surface area (Å²) < 4.78 is 5.17. The molecule has 17 heavy (non-hydrogen) atoms. The van der Waals surface area contributed by atoms with E-state index in [-0.39, 0.29) is 0 Å². The average Bonchev–Trinajstić information content (AvgIpc) is 2.71. The molecule has 4 nitrogen and oxygen atoms in total. The molecule has 0 saturated carbocycles. The van der Waals surface area contributed by atoms with Crippen molar-refractivity contribution in [2.24, 2.45) is 0 Å². The lowest BCUT2D eigenvalue weighted by Gasteiger charge is -2.22. The van der Waals surface area contributed by atoms with Gasteiger partial charge in [-0.2, -0.15) is 0 Å². The number of nitrogens with zero attached hydrogens (tertiary/aromatic N) is 1. The van der Waals surface area contributed by atoms with Crippen LogP contribution in [0.1, 0.15) is 24.5 Å². The van der Waals surface area contributed by atoms with Crippen molar-refractivity contribution in [2.45, 2.75) is 32.5 Å². The molecule has 1 heterocycles. The fourth-order valence-corrected chi connectivity index (χ4v) is 2.33. The number of fused-ring (bicyclic) bond motifs is 1. The number of rotatable bonds is 4. The Morgan fingerprint density at radius 2 is 2.18 bits per heavy atom. The van der Waals surface area contributed by atoms with Gasteiger partial charge in [0.25, 0.3) is 0 Å². The summed E-state index contributed by atoms with van der Waals surface area (Å²) in [4.78, 5) is 13.1. The first-order valence-electron chi connectivity index (χ1n) is 5.78. The lowest BCUT2D eigenvalue weighted by atomic mass is 10.1. The van der Waals surface area contributed by atoms with Crippen LogP contribution in [0.2, 0.25) is 0 Å². The molecule has 0 bridgehead atoms. The SMILES string of the molecule is CCC(C(=O)O)N1Cc2ccc(OC)cc2C1. The van der Waals surface area contributed by atoms with E-state index in [4.69, 9.17) is 9.84 Å². The van der Waals surface area contributed by atoms with E-state index in [9.17, 15) is 4.79 Å². The van der Waals surface area contributed by atoms with Gasteiger partial charge in [0.15, 0.2) is 0 Å². The normalized spacial score (nSPS) is 16.6. The van der Waals surface area contributed by atoms with Gasteiger partial charge in [0.05, 0.1) is 7.11 Å². The summed E-state index contributed by atoms with van der Waals surface area (Å²) in [6.45, 7) is 3.31. The maximum absolute atomic E-state index is 11.1. The van der Waals surface area contributed by atoms with Crippen LogP contribution < -0.4 is 4.74 Å². The van der Waals surface area contributed by atoms with Crippen molar-refractivity contribution < 1.29 is 14.6 Å². The van der Waals surface area contributed by atoms with Crippen LogP contribution in [0.4, 0.5) is 0 Å². The molecule has 0 aromatic heterocycles. The summed E-state index contributed by atoms with van der Waals surface area (Å²) in [5, 5.41) is 9.15. The first-order valence-corrected chi connectivity index (χ1v) is 5.78. The third kappa shape index (κ3) is 2.26. The number of hydrogen-bond donors (Lipinski definition) is 1. The van der Waals surface area contributed by atoms with E-state index in [2.05, 4.69) is 0 Å². The quantitative estimate of drug-likeness (QED) is 0.865. The summed E-state index contributed by atoms with van der Waals surface area (Å²) in [6, 6.07) is 5.53. The van der Waals surface area contributed by atoms with Gasteiger partial charge in [-0.05, 0) is 29.7 Å². The molecule has 1 aromatic carbocycles. The number of aliphatic carboxylic acids is 1. The molecule has 0 spiro atoms. The van der Waals surface area contributed by atoms with Crippen LogP contribution in [-0.2, 0) is 17.9 Å². The van der Waals surface area contributed by atoms with Gasteiger partial charge in [-0.1, -0.05) is 13.0 Å². The number of hydrogen-bond acceptors (Lipinski definition) is 3. The Morgan fingerprint density at radius 3 is 2.76 bits per heavy atom. The number of carboxylic acids is 1. The van der Waals surface area contributed by atoms with Gasteiger partial charge in [-0.25, -0.2) is 0 Å². The molecule has 1 aliphatic rings. The molecule has 0 amide bonds. The highest BCUT2D eigenvalue weighted by Crippen LogP contribution is 2.28. The van der Waals surface area contributed by atoms with Gasteiger partial charge in [-0.15, -0.1) is 0 Å². The van der Waals surface area contributed by atoms with Gasteiger partial charge in [0.1, 0.15) is 11.8 Å². The fourth-order valence-electron chi connectivity index (χ4n) is 2.33. The van der Waals surface area contributed by atoms with Crippen LogP contribution in [0.3, 0.4) is 0 Å². The Hall–Kier alpha value is -1.55. The van der Waals surface area contributed by atoms with Crippen molar-refractivity contribution in [1.82, 2.24) is 4.90 Å². The van der Waals surface area contributed by atoms with E-state index < -0.39 is 12.0 Å². The Bertz CT molecular complexity index is 431. The summed E-state index contributed by atoms with van der Waals surface area (Å²) >= 11 is 0. The van der Waals surface area contributed by atoms with Crippen molar-refractivity contribution >= 4 is 5.97 Å². The van der Waals surface area contributed by atoms with Crippen molar-refractivity contribution in [2.75, 3.05) is 7.11 Å². The minimum Gasteiger partial charge on any atom is -0.497 e. The van der Waals surface area contributed by atoms with Crippen LogP contribution in [-0.4, -0.2) is 29.1 Å². The van der Waals surface area contributed by atoms with Gasteiger partial charge in [0.2, 0.25) is 0 Å². The van der Waals surface area contributed by atoms with E-state index >= 15 is 0 Å². The van der Waals surface area contributed by atoms with Crippen molar-refractivity contribution in [1.29, 1.82) is 0 Å². The van der Waals surface area contributed by atoms with Crippen LogP contribution >= 0.6 is 0 Å². The molecule has 0 fully saturated rings. The minimum absolute atomic E-state index is 0.395. The maximum Gasteiger partial charge on any atom is 0.320 e. The topological polar surface area (TPSA) is 49.8 Å². The van der Waals surface area contributed by atoms with Crippen LogP contribution in [0.15, 0.2) is 18.2 Å². The Morgan fingerprint density at radius 1 is 1.47 bits per heavy atom. The molecule has 4 heteroatoms. The first kappa shape index (κ1) is 11.9. The highest BCUT2D eigenvalue weighted by atomic mass is 16.5. The molecule has 92 valence electrons. The summed E-state index contributed by atoms with van der Waals surface area (Å²) in [7, 11) is 1.64. The molecular weight excluding hydrogens is 218 g/mol. The van der Waals surface area contributed by atoms with Crippen LogP contribution in [0, 0.1) is 0 Å². The third-order valence-corrected chi connectivity index (χ3v) is 3.27.